The second-order valence-electron chi connectivity index (χ2n) is 5.57. The molecule has 0 spiro atoms. The highest BCUT2D eigenvalue weighted by atomic mass is 32.2. The van der Waals surface area contributed by atoms with E-state index in [1.54, 1.807) is 0 Å². The van der Waals surface area contributed by atoms with Crippen LogP contribution < -0.4 is 5.32 Å². The third-order valence-corrected chi connectivity index (χ3v) is 5.16. The largest absolute Gasteiger partial charge is 0.317 e. The molecule has 0 saturated carbocycles. The Morgan fingerprint density at radius 1 is 1.47 bits per heavy atom. The number of likely N-dealkylation sites (N-methyl/N-ethyl adjacent to an activating group) is 1. The smallest absolute Gasteiger partial charge is 0.0596 e. The summed E-state index contributed by atoms with van der Waals surface area (Å²) >= 11 is 2.11. The molecule has 0 aliphatic carbocycles. The molecule has 1 aliphatic heterocycles. The zero-order valence-corrected chi connectivity index (χ0v) is 13.3. The molecule has 0 amide bonds. The highest BCUT2D eigenvalue weighted by Gasteiger charge is 2.19. The summed E-state index contributed by atoms with van der Waals surface area (Å²) < 4.78 is 2.15. The van der Waals surface area contributed by atoms with E-state index < -0.39 is 0 Å². The van der Waals surface area contributed by atoms with Crippen molar-refractivity contribution < 1.29 is 0 Å². The normalized spacial score (nSPS) is 18.7. The topological polar surface area (TPSA) is 29.9 Å². The van der Waals surface area contributed by atoms with E-state index >= 15 is 0 Å². The molecule has 1 aromatic heterocycles. The molecular weight excluding hydrogens is 254 g/mol. The number of nitrogens with zero attached hydrogens (tertiary/aromatic N) is 2. The van der Waals surface area contributed by atoms with Crippen LogP contribution in [0.15, 0.2) is 6.07 Å². The zero-order chi connectivity index (χ0) is 13.7. The molecule has 1 atom stereocenters. The van der Waals surface area contributed by atoms with E-state index in [9.17, 15) is 0 Å². The van der Waals surface area contributed by atoms with Crippen molar-refractivity contribution in [2.75, 3.05) is 18.6 Å². The van der Waals surface area contributed by atoms with Crippen molar-refractivity contribution in [2.24, 2.45) is 5.92 Å². The molecule has 1 aromatic rings. The van der Waals surface area contributed by atoms with E-state index in [0.717, 1.165) is 24.6 Å². The van der Waals surface area contributed by atoms with Crippen LogP contribution in [0.3, 0.4) is 0 Å². The molecule has 3 nitrogen and oxygen atoms in total. The predicted molar refractivity (Wildman–Crippen MR) is 83.9 cm³/mol. The van der Waals surface area contributed by atoms with Crippen LogP contribution >= 0.6 is 11.8 Å². The summed E-state index contributed by atoms with van der Waals surface area (Å²) in [4.78, 5) is 0. The first-order chi connectivity index (χ1) is 9.22. The minimum atomic E-state index is 0.592. The molecule has 1 aliphatic rings. The highest BCUT2D eigenvalue weighted by Crippen LogP contribution is 2.27. The lowest BCUT2D eigenvalue weighted by Gasteiger charge is -2.26. The van der Waals surface area contributed by atoms with Gasteiger partial charge in [-0.25, -0.2) is 0 Å². The molecule has 1 N–H and O–H groups in total. The molecule has 0 aromatic carbocycles. The van der Waals surface area contributed by atoms with Gasteiger partial charge in [0.15, 0.2) is 0 Å². The van der Waals surface area contributed by atoms with Crippen LogP contribution in [0.5, 0.6) is 0 Å². The van der Waals surface area contributed by atoms with Gasteiger partial charge in [-0.15, -0.1) is 0 Å². The zero-order valence-electron chi connectivity index (χ0n) is 12.5. The van der Waals surface area contributed by atoms with Gasteiger partial charge in [-0.2, -0.15) is 16.9 Å². The van der Waals surface area contributed by atoms with Gasteiger partial charge in [-0.05, 0) is 63.6 Å². The molecule has 0 radical (unpaired) electrons. The van der Waals surface area contributed by atoms with Crippen LogP contribution in [0.4, 0.5) is 0 Å². The second-order valence-corrected chi connectivity index (χ2v) is 6.80. The van der Waals surface area contributed by atoms with Gasteiger partial charge in [0.2, 0.25) is 0 Å². The Bertz CT molecular complexity index is 383. The second kappa shape index (κ2) is 7.34. The number of aromatic nitrogens is 2. The Hall–Kier alpha value is -0.480. The fourth-order valence-electron chi connectivity index (χ4n) is 2.98. The van der Waals surface area contributed by atoms with E-state index in [1.807, 2.05) is 0 Å². The van der Waals surface area contributed by atoms with E-state index in [1.165, 1.54) is 36.5 Å². The average Bonchev–Trinajstić information content (AvgIpc) is 2.79. The number of hydrogen-bond acceptors (Lipinski definition) is 3. The summed E-state index contributed by atoms with van der Waals surface area (Å²) in [5.41, 5.74) is 2.52. The first-order valence-corrected chi connectivity index (χ1v) is 8.66. The van der Waals surface area contributed by atoms with Crippen molar-refractivity contribution >= 4 is 11.8 Å². The van der Waals surface area contributed by atoms with Gasteiger partial charge in [-0.3, -0.25) is 4.68 Å². The molecule has 1 fully saturated rings. The van der Waals surface area contributed by atoms with Crippen molar-refractivity contribution in [3.63, 3.8) is 0 Å². The van der Waals surface area contributed by atoms with Gasteiger partial charge in [0.1, 0.15) is 0 Å². The molecule has 1 saturated heterocycles. The molecule has 1 unspecified atom stereocenters. The van der Waals surface area contributed by atoms with Gasteiger partial charge in [0.25, 0.3) is 0 Å². The Balaban J connectivity index is 1.93. The van der Waals surface area contributed by atoms with Crippen molar-refractivity contribution in [3.8, 4) is 0 Å². The molecular formula is C15H27N3S. The van der Waals surface area contributed by atoms with Gasteiger partial charge in [0, 0.05) is 24.7 Å². The summed E-state index contributed by atoms with van der Waals surface area (Å²) in [6.07, 6.45) is 5.21. The average molecular weight is 281 g/mol. The maximum Gasteiger partial charge on any atom is 0.0596 e. The van der Waals surface area contributed by atoms with Crippen molar-refractivity contribution in [3.05, 3.63) is 17.5 Å². The third-order valence-electron chi connectivity index (χ3n) is 4.11. The van der Waals surface area contributed by atoms with Crippen LogP contribution in [0, 0.1) is 12.8 Å². The lowest BCUT2D eigenvalue weighted by atomic mass is 9.92. The third kappa shape index (κ3) is 4.25. The molecule has 2 rings (SSSR count). The van der Waals surface area contributed by atoms with E-state index in [2.05, 4.69) is 53.8 Å². The molecule has 0 bridgehead atoms. The molecule has 2 heterocycles. The first-order valence-electron chi connectivity index (χ1n) is 7.51. The Labute approximate surface area is 121 Å². The quantitative estimate of drug-likeness (QED) is 0.869. The van der Waals surface area contributed by atoms with Crippen molar-refractivity contribution in [1.29, 1.82) is 0 Å². The number of nitrogens with one attached hydrogen (secondary N) is 1. The molecule has 19 heavy (non-hydrogen) atoms. The summed E-state index contributed by atoms with van der Waals surface area (Å²) in [6, 6.07) is 2.83. The minimum Gasteiger partial charge on any atom is -0.317 e. The predicted octanol–water partition coefficient (Wildman–Crippen LogP) is 2.88. The highest BCUT2D eigenvalue weighted by molar-refractivity contribution is 7.99. The van der Waals surface area contributed by atoms with Crippen molar-refractivity contribution in [2.45, 2.75) is 52.1 Å². The monoisotopic (exact) mass is 281 g/mol. The number of aryl methyl sites for hydroxylation is 2. The standard InChI is InChI=1S/C15H27N3S/c1-4-18-15(9-12(2)17-18)11-14(16-3)10-13-5-7-19-8-6-13/h9,13-14,16H,4-8,10-11H2,1-3H3. The lowest BCUT2D eigenvalue weighted by molar-refractivity contribution is 0.371. The van der Waals surface area contributed by atoms with E-state index in [4.69, 9.17) is 0 Å². The summed E-state index contributed by atoms with van der Waals surface area (Å²) in [5.74, 6) is 3.62. The first kappa shape index (κ1) is 14.9. The fourth-order valence-corrected chi connectivity index (χ4v) is 4.18. The van der Waals surface area contributed by atoms with E-state index in [0.29, 0.717) is 6.04 Å². The molecule has 4 heteroatoms. The van der Waals surface area contributed by atoms with Crippen LogP contribution in [0.2, 0.25) is 0 Å². The van der Waals surface area contributed by atoms with Gasteiger partial charge >= 0.3 is 0 Å². The Morgan fingerprint density at radius 2 is 2.21 bits per heavy atom. The van der Waals surface area contributed by atoms with Gasteiger partial charge in [-0.1, -0.05) is 0 Å². The van der Waals surface area contributed by atoms with Gasteiger partial charge in [0.05, 0.1) is 5.69 Å². The van der Waals surface area contributed by atoms with Crippen LogP contribution in [0.1, 0.15) is 37.6 Å². The Kier molecular flexibility index (Phi) is 5.76. The fraction of sp³-hybridized carbons (Fsp3) is 0.800. The summed E-state index contributed by atoms with van der Waals surface area (Å²) in [7, 11) is 2.10. The maximum atomic E-state index is 4.55. The number of thioether (sulfide) groups is 1. The Morgan fingerprint density at radius 3 is 2.84 bits per heavy atom. The maximum absolute atomic E-state index is 4.55. The van der Waals surface area contributed by atoms with Crippen molar-refractivity contribution in [1.82, 2.24) is 15.1 Å². The van der Waals surface area contributed by atoms with E-state index in [-0.39, 0.29) is 0 Å². The van der Waals surface area contributed by atoms with Crippen LogP contribution in [-0.4, -0.2) is 34.4 Å². The van der Waals surface area contributed by atoms with Crippen LogP contribution in [0.25, 0.3) is 0 Å². The van der Waals surface area contributed by atoms with Gasteiger partial charge < -0.3 is 5.32 Å². The van der Waals surface area contributed by atoms with Crippen LogP contribution in [-0.2, 0) is 13.0 Å². The summed E-state index contributed by atoms with van der Waals surface area (Å²) in [6.45, 7) is 5.23. The lowest BCUT2D eigenvalue weighted by Crippen LogP contribution is -2.32. The number of hydrogen-bond donors (Lipinski definition) is 1. The minimum absolute atomic E-state index is 0.592. The molecule has 108 valence electrons. The SMILES string of the molecule is CCn1nc(C)cc1CC(CC1CCSCC1)NC. The summed E-state index contributed by atoms with van der Waals surface area (Å²) in [5, 5.41) is 8.06. The number of rotatable bonds is 6.